The topological polar surface area (TPSA) is 46.9 Å². The smallest absolute Gasteiger partial charge is 0.307 e. The molecule has 3 aromatic rings. The van der Waals surface area contributed by atoms with Gasteiger partial charge in [0.05, 0.1) is 0 Å². The Kier molecular flexibility index (Phi) is 3.29. The van der Waals surface area contributed by atoms with Crippen LogP contribution in [0, 0.1) is 0 Å². The van der Waals surface area contributed by atoms with Crippen LogP contribution >= 0.6 is 0 Å². The van der Waals surface area contributed by atoms with Crippen molar-refractivity contribution < 1.29 is 4.79 Å². The van der Waals surface area contributed by atoms with Crippen molar-refractivity contribution in [3.8, 4) is 11.1 Å². The van der Waals surface area contributed by atoms with E-state index in [2.05, 4.69) is 22.4 Å². The Bertz CT molecular complexity index is 688. The standard InChI is InChI=1S/C16H13N3O/c20-16(19-11-10-17-12-19)18-15-8-6-14(7-9-15)13-4-2-1-3-5-13/h1-12H,(H,18,20). The summed E-state index contributed by atoms with van der Waals surface area (Å²) in [5, 5.41) is 2.81. The van der Waals surface area contributed by atoms with Crippen LogP contribution in [0.15, 0.2) is 73.3 Å². The monoisotopic (exact) mass is 263 g/mol. The summed E-state index contributed by atoms with van der Waals surface area (Å²) in [5.74, 6) is 0. The van der Waals surface area contributed by atoms with Gasteiger partial charge < -0.3 is 5.32 Å². The summed E-state index contributed by atoms with van der Waals surface area (Å²) < 4.78 is 1.39. The number of imidazole rings is 1. The van der Waals surface area contributed by atoms with Crippen molar-refractivity contribution in [2.24, 2.45) is 0 Å². The van der Waals surface area contributed by atoms with Crippen molar-refractivity contribution in [2.45, 2.75) is 0 Å². The third kappa shape index (κ3) is 2.59. The van der Waals surface area contributed by atoms with Crippen molar-refractivity contribution in [3.63, 3.8) is 0 Å². The number of rotatable bonds is 2. The predicted octanol–water partition coefficient (Wildman–Crippen LogP) is 3.63. The highest BCUT2D eigenvalue weighted by Gasteiger charge is 2.04. The lowest BCUT2D eigenvalue weighted by Gasteiger charge is -2.06. The van der Waals surface area contributed by atoms with E-state index in [0.717, 1.165) is 16.8 Å². The summed E-state index contributed by atoms with van der Waals surface area (Å²) in [6, 6.07) is 17.6. The maximum absolute atomic E-state index is 11.8. The zero-order valence-electron chi connectivity index (χ0n) is 10.7. The number of hydrogen-bond donors (Lipinski definition) is 1. The summed E-state index contributed by atoms with van der Waals surface area (Å²) in [6.07, 6.45) is 4.64. The van der Waals surface area contributed by atoms with Crippen LogP contribution in [0.2, 0.25) is 0 Å². The van der Waals surface area contributed by atoms with Crippen LogP contribution in [0.5, 0.6) is 0 Å². The van der Waals surface area contributed by atoms with E-state index in [0.29, 0.717) is 0 Å². The van der Waals surface area contributed by atoms with Crippen molar-refractivity contribution in [1.29, 1.82) is 0 Å². The minimum absolute atomic E-state index is 0.227. The first-order chi connectivity index (χ1) is 9.83. The Labute approximate surface area is 116 Å². The molecule has 0 aliphatic rings. The van der Waals surface area contributed by atoms with E-state index in [-0.39, 0.29) is 6.03 Å². The first-order valence-corrected chi connectivity index (χ1v) is 6.28. The third-order valence-corrected chi connectivity index (χ3v) is 2.98. The maximum Gasteiger partial charge on any atom is 0.331 e. The number of aromatic nitrogens is 2. The molecule has 4 heteroatoms. The molecule has 0 saturated carbocycles. The third-order valence-electron chi connectivity index (χ3n) is 2.98. The van der Waals surface area contributed by atoms with Crippen molar-refractivity contribution in [3.05, 3.63) is 73.3 Å². The van der Waals surface area contributed by atoms with Gasteiger partial charge in [0.25, 0.3) is 0 Å². The molecule has 0 atom stereocenters. The number of amides is 1. The highest BCUT2D eigenvalue weighted by Crippen LogP contribution is 2.20. The highest BCUT2D eigenvalue weighted by molar-refractivity contribution is 5.91. The lowest BCUT2D eigenvalue weighted by molar-refractivity contribution is 0.253. The van der Waals surface area contributed by atoms with Crippen molar-refractivity contribution in [1.82, 2.24) is 9.55 Å². The zero-order valence-corrected chi connectivity index (χ0v) is 10.7. The molecular formula is C16H13N3O. The molecule has 1 N–H and O–H groups in total. The van der Waals surface area contributed by atoms with Gasteiger partial charge in [0, 0.05) is 18.1 Å². The molecule has 1 heterocycles. The summed E-state index contributed by atoms with van der Waals surface area (Å²) in [6.45, 7) is 0. The first-order valence-electron chi connectivity index (χ1n) is 6.28. The van der Waals surface area contributed by atoms with Gasteiger partial charge >= 0.3 is 6.03 Å². The molecule has 3 rings (SSSR count). The molecule has 1 aromatic heterocycles. The van der Waals surface area contributed by atoms with Crippen LogP contribution in [0.25, 0.3) is 11.1 Å². The Morgan fingerprint density at radius 2 is 1.65 bits per heavy atom. The van der Waals surface area contributed by atoms with E-state index in [1.807, 2.05) is 42.5 Å². The number of nitrogens with one attached hydrogen (secondary N) is 1. The SMILES string of the molecule is O=C(Nc1ccc(-c2ccccc2)cc1)n1ccnc1. The van der Waals surface area contributed by atoms with Crippen LogP contribution in [0.4, 0.5) is 10.5 Å². The molecular weight excluding hydrogens is 250 g/mol. The Balaban J connectivity index is 1.75. The number of benzene rings is 2. The summed E-state index contributed by atoms with van der Waals surface area (Å²) in [5.41, 5.74) is 3.02. The minimum Gasteiger partial charge on any atom is -0.307 e. The van der Waals surface area contributed by atoms with Gasteiger partial charge in [-0.15, -0.1) is 0 Å². The zero-order chi connectivity index (χ0) is 13.8. The molecule has 0 aliphatic heterocycles. The summed E-state index contributed by atoms with van der Waals surface area (Å²) in [4.78, 5) is 15.7. The molecule has 0 aliphatic carbocycles. The minimum atomic E-state index is -0.227. The van der Waals surface area contributed by atoms with Crippen molar-refractivity contribution in [2.75, 3.05) is 5.32 Å². The van der Waals surface area contributed by atoms with Crippen molar-refractivity contribution >= 4 is 11.7 Å². The van der Waals surface area contributed by atoms with Gasteiger partial charge in [-0.2, -0.15) is 0 Å². The summed E-state index contributed by atoms with van der Waals surface area (Å²) >= 11 is 0. The molecule has 1 amide bonds. The first kappa shape index (κ1) is 12.2. The Hall–Kier alpha value is -2.88. The second-order valence-electron chi connectivity index (χ2n) is 4.34. The van der Waals surface area contributed by atoms with Crippen LogP contribution in [-0.4, -0.2) is 15.6 Å². The van der Waals surface area contributed by atoms with Gasteiger partial charge in [0.1, 0.15) is 6.33 Å². The fourth-order valence-electron chi connectivity index (χ4n) is 1.94. The van der Waals surface area contributed by atoms with Crippen LogP contribution < -0.4 is 5.32 Å². The maximum atomic E-state index is 11.8. The number of carbonyl (C=O) groups is 1. The molecule has 0 radical (unpaired) electrons. The predicted molar refractivity (Wildman–Crippen MR) is 78.5 cm³/mol. The number of hydrogen-bond acceptors (Lipinski definition) is 2. The molecule has 4 nitrogen and oxygen atoms in total. The number of carbonyl (C=O) groups excluding carboxylic acids is 1. The van der Waals surface area contributed by atoms with Crippen LogP contribution in [0.3, 0.4) is 0 Å². The number of nitrogens with zero attached hydrogens (tertiary/aromatic N) is 2. The van der Waals surface area contributed by atoms with Crippen LogP contribution in [-0.2, 0) is 0 Å². The van der Waals surface area contributed by atoms with Gasteiger partial charge in [-0.3, -0.25) is 4.57 Å². The Morgan fingerprint density at radius 3 is 2.30 bits per heavy atom. The molecule has 20 heavy (non-hydrogen) atoms. The molecule has 0 unspecified atom stereocenters. The average Bonchev–Trinajstić information content (AvgIpc) is 3.03. The van der Waals surface area contributed by atoms with E-state index < -0.39 is 0 Å². The lowest BCUT2D eigenvalue weighted by Crippen LogP contribution is -2.17. The van der Waals surface area contributed by atoms with Gasteiger partial charge in [-0.05, 0) is 23.3 Å². The normalized spacial score (nSPS) is 10.2. The molecule has 0 bridgehead atoms. The largest absolute Gasteiger partial charge is 0.331 e. The molecule has 2 aromatic carbocycles. The van der Waals surface area contributed by atoms with Gasteiger partial charge in [-0.25, -0.2) is 9.78 Å². The van der Waals surface area contributed by atoms with Gasteiger partial charge in [-0.1, -0.05) is 42.5 Å². The fraction of sp³-hybridized carbons (Fsp3) is 0. The highest BCUT2D eigenvalue weighted by atomic mass is 16.2. The molecule has 0 fully saturated rings. The van der Waals surface area contributed by atoms with E-state index in [1.165, 1.54) is 10.9 Å². The second-order valence-corrected chi connectivity index (χ2v) is 4.34. The Morgan fingerprint density at radius 1 is 0.950 bits per heavy atom. The summed E-state index contributed by atoms with van der Waals surface area (Å²) in [7, 11) is 0. The fourth-order valence-corrected chi connectivity index (χ4v) is 1.94. The van der Waals surface area contributed by atoms with Gasteiger partial charge in [0.15, 0.2) is 0 Å². The number of anilines is 1. The molecule has 98 valence electrons. The van der Waals surface area contributed by atoms with E-state index in [1.54, 1.807) is 12.4 Å². The quantitative estimate of drug-likeness (QED) is 0.767. The van der Waals surface area contributed by atoms with E-state index >= 15 is 0 Å². The second kappa shape index (κ2) is 5.40. The average molecular weight is 263 g/mol. The van der Waals surface area contributed by atoms with E-state index in [9.17, 15) is 4.79 Å². The van der Waals surface area contributed by atoms with E-state index in [4.69, 9.17) is 0 Å². The lowest BCUT2D eigenvalue weighted by atomic mass is 10.1. The molecule has 0 spiro atoms. The molecule has 0 saturated heterocycles. The van der Waals surface area contributed by atoms with Gasteiger partial charge in [0.2, 0.25) is 0 Å². The van der Waals surface area contributed by atoms with Crippen LogP contribution in [0.1, 0.15) is 0 Å².